The van der Waals surface area contributed by atoms with Gasteiger partial charge in [-0.2, -0.15) is 0 Å². The molecule has 4 nitrogen and oxygen atoms in total. The summed E-state index contributed by atoms with van der Waals surface area (Å²) in [6, 6.07) is 5.54. The largest absolute Gasteiger partial charge is 0.224 e. The van der Waals surface area contributed by atoms with E-state index < -0.39 is 9.84 Å². The van der Waals surface area contributed by atoms with Gasteiger partial charge >= 0.3 is 0 Å². The van der Waals surface area contributed by atoms with Gasteiger partial charge in [-0.1, -0.05) is 6.92 Å². The number of sulfone groups is 1. The Morgan fingerprint density at radius 1 is 1.23 bits per heavy atom. The summed E-state index contributed by atoms with van der Waals surface area (Å²) in [4.78, 5) is 10.3. The van der Waals surface area contributed by atoms with E-state index in [1.165, 1.54) is 24.3 Å². The Kier molecular flexibility index (Phi) is 2.77. The maximum absolute atomic E-state index is 11.3. The van der Waals surface area contributed by atoms with Gasteiger partial charge in [-0.15, -0.1) is 4.91 Å². The summed E-state index contributed by atoms with van der Waals surface area (Å²) in [6.45, 7) is 1.57. The summed E-state index contributed by atoms with van der Waals surface area (Å²) in [7, 11) is -3.17. The van der Waals surface area contributed by atoms with Crippen LogP contribution in [0.3, 0.4) is 0 Å². The van der Waals surface area contributed by atoms with Gasteiger partial charge in [0.15, 0.2) is 9.84 Å². The molecule has 0 N–H and O–H groups in total. The van der Waals surface area contributed by atoms with Crippen LogP contribution in [-0.2, 0) is 9.84 Å². The Bertz CT molecular complexity index is 394. The molecule has 1 rings (SSSR count). The molecule has 0 fully saturated rings. The zero-order chi connectivity index (χ0) is 9.90. The molecular weight excluding hydrogens is 190 g/mol. The Balaban J connectivity index is 3.13. The van der Waals surface area contributed by atoms with E-state index in [0.29, 0.717) is 0 Å². The predicted octanol–water partition coefficient (Wildman–Crippen LogP) is 1.88. The molecule has 0 saturated heterocycles. The highest BCUT2D eigenvalue weighted by Gasteiger charge is 2.10. The van der Waals surface area contributed by atoms with Gasteiger partial charge in [-0.05, 0) is 29.4 Å². The number of rotatable bonds is 3. The summed E-state index contributed by atoms with van der Waals surface area (Å²) in [5.74, 6) is 0.0564. The molecule has 0 spiro atoms. The van der Waals surface area contributed by atoms with Gasteiger partial charge in [-0.25, -0.2) is 8.42 Å². The lowest BCUT2D eigenvalue weighted by atomic mass is 10.3. The van der Waals surface area contributed by atoms with Crippen molar-refractivity contribution in [3.63, 3.8) is 0 Å². The van der Waals surface area contributed by atoms with Crippen LogP contribution in [0.4, 0.5) is 5.69 Å². The van der Waals surface area contributed by atoms with Gasteiger partial charge in [0.05, 0.1) is 10.6 Å². The third kappa shape index (κ3) is 2.12. The van der Waals surface area contributed by atoms with E-state index in [1.807, 2.05) is 0 Å². The summed E-state index contributed by atoms with van der Waals surface area (Å²) in [6.07, 6.45) is 0. The Morgan fingerprint density at radius 3 is 2.15 bits per heavy atom. The average molecular weight is 199 g/mol. The summed E-state index contributed by atoms with van der Waals surface area (Å²) in [5, 5.41) is 2.67. The molecule has 5 heteroatoms. The van der Waals surface area contributed by atoms with Gasteiger partial charge in [0.25, 0.3) is 0 Å². The molecule has 0 bridgehead atoms. The van der Waals surface area contributed by atoms with Crippen LogP contribution < -0.4 is 0 Å². The number of nitroso groups, excluding NO2 is 1. The minimum Gasteiger partial charge on any atom is -0.224 e. The van der Waals surface area contributed by atoms with Gasteiger partial charge in [0.2, 0.25) is 0 Å². The molecule has 1 aromatic carbocycles. The first kappa shape index (κ1) is 9.85. The van der Waals surface area contributed by atoms with E-state index in [2.05, 4.69) is 5.18 Å². The van der Waals surface area contributed by atoms with Crippen molar-refractivity contribution in [3.05, 3.63) is 29.2 Å². The molecule has 13 heavy (non-hydrogen) atoms. The Labute approximate surface area is 76.5 Å². The number of hydrogen-bond acceptors (Lipinski definition) is 4. The summed E-state index contributed by atoms with van der Waals surface area (Å²) in [5.41, 5.74) is 0.232. The van der Waals surface area contributed by atoms with Gasteiger partial charge in [0.1, 0.15) is 5.69 Å². The molecule has 1 aromatic rings. The first-order valence-electron chi connectivity index (χ1n) is 3.76. The van der Waals surface area contributed by atoms with E-state index in [4.69, 9.17) is 0 Å². The van der Waals surface area contributed by atoms with Crippen LogP contribution in [0.2, 0.25) is 0 Å². The quantitative estimate of drug-likeness (QED) is 0.698. The third-order valence-corrected chi connectivity index (χ3v) is 3.43. The topological polar surface area (TPSA) is 63.6 Å². The first-order valence-corrected chi connectivity index (χ1v) is 5.41. The molecule has 0 aliphatic rings. The molecule has 0 unspecified atom stereocenters. The molecule has 0 saturated carbocycles. The van der Waals surface area contributed by atoms with Crippen LogP contribution in [0.15, 0.2) is 34.3 Å². The van der Waals surface area contributed by atoms with E-state index in [-0.39, 0.29) is 16.3 Å². The van der Waals surface area contributed by atoms with Crippen molar-refractivity contribution in [2.24, 2.45) is 5.18 Å². The molecule has 0 atom stereocenters. The highest BCUT2D eigenvalue weighted by molar-refractivity contribution is 7.91. The second kappa shape index (κ2) is 3.66. The summed E-state index contributed by atoms with van der Waals surface area (Å²) < 4.78 is 22.6. The SMILES string of the molecule is CCS(=O)(=O)c1ccc(N=O)cc1. The maximum Gasteiger partial charge on any atom is 0.178 e. The van der Waals surface area contributed by atoms with Crippen molar-refractivity contribution in [1.82, 2.24) is 0 Å². The van der Waals surface area contributed by atoms with Crippen molar-refractivity contribution < 1.29 is 8.42 Å². The fraction of sp³-hybridized carbons (Fsp3) is 0.250. The van der Waals surface area contributed by atoms with Crippen molar-refractivity contribution >= 4 is 15.5 Å². The van der Waals surface area contributed by atoms with Crippen LogP contribution >= 0.6 is 0 Å². The van der Waals surface area contributed by atoms with Crippen molar-refractivity contribution in [2.75, 3.05) is 5.75 Å². The highest BCUT2D eigenvalue weighted by Crippen LogP contribution is 2.16. The van der Waals surface area contributed by atoms with E-state index >= 15 is 0 Å². The molecule has 0 heterocycles. The Morgan fingerprint density at radius 2 is 1.77 bits per heavy atom. The van der Waals surface area contributed by atoms with Gasteiger partial charge in [-0.3, -0.25) is 0 Å². The van der Waals surface area contributed by atoms with E-state index in [0.717, 1.165) is 0 Å². The van der Waals surface area contributed by atoms with Crippen molar-refractivity contribution in [1.29, 1.82) is 0 Å². The molecule has 0 aromatic heterocycles. The standard InChI is InChI=1S/C8H9NO3S/c1-2-13(11,12)8-5-3-7(9-10)4-6-8/h3-6H,2H2,1H3. The van der Waals surface area contributed by atoms with Gasteiger partial charge < -0.3 is 0 Å². The van der Waals surface area contributed by atoms with Crippen molar-refractivity contribution in [2.45, 2.75) is 11.8 Å². The molecule has 70 valence electrons. The number of nitrogens with zero attached hydrogens (tertiary/aromatic N) is 1. The van der Waals surface area contributed by atoms with Crippen LogP contribution in [0, 0.1) is 4.91 Å². The lowest BCUT2D eigenvalue weighted by Gasteiger charge is -1.99. The fourth-order valence-corrected chi connectivity index (χ4v) is 1.77. The van der Waals surface area contributed by atoms with Crippen LogP contribution in [0.5, 0.6) is 0 Å². The molecule has 0 radical (unpaired) electrons. The number of benzene rings is 1. The molecule has 0 aliphatic carbocycles. The second-order valence-electron chi connectivity index (χ2n) is 2.49. The predicted molar refractivity (Wildman–Crippen MR) is 49.6 cm³/mol. The zero-order valence-corrected chi connectivity index (χ0v) is 7.91. The molecule has 0 amide bonds. The minimum absolute atomic E-state index is 0.0564. The second-order valence-corrected chi connectivity index (χ2v) is 4.77. The van der Waals surface area contributed by atoms with Gasteiger partial charge in [0, 0.05) is 0 Å². The molecular formula is C8H9NO3S. The third-order valence-electron chi connectivity index (χ3n) is 1.68. The number of hydrogen-bond donors (Lipinski definition) is 0. The van der Waals surface area contributed by atoms with Crippen LogP contribution in [0.25, 0.3) is 0 Å². The lowest BCUT2D eigenvalue weighted by molar-refractivity contribution is 0.597. The first-order chi connectivity index (χ1) is 6.10. The highest BCUT2D eigenvalue weighted by atomic mass is 32.2. The zero-order valence-electron chi connectivity index (χ0n) is 7.10. The summed E-state index contributed by atoms with van der Waals surface area (Å²) >= 11 is 0. The minimum atomic E-state index is -3.17. The maximum atomic E-state index is 11.3. The van der Waals surface area contributed by atoms with Crippen LogP contribution in [-0.4, -0.2) is 14.2 Å². The van der Waals surface area contributed by atoms with E-state index in [1.54, 1.807) is 6.92 Å². The lowest BCUT2D eigenvalue weighted by Crippen LogP contribution is -2.02. The smallest absolute Gasteiger partial charge is 0.178 e. The molecule has 0 aliphatic heterocycles. The average Bonchev–Trinajstić information content (AvgIpc) is 2.18. The van der Waals surface area contributed by atoms with Crippen LogP contribution in [0.1, 0.15) is 6.92 Å². The fourth-order valence-electron chi connectivity index (χ4n) is 0.881. The normalized spacial score (nSPS) is 11.2. The van der Waals surface area contributed by atoms with Crippen molar-refractivity contribution in [3.8, 4) is 0 Å². The monoisotopic (exact) mass is 199 g/mol. The van der Waals surface area contributed by atoms with E-state index in [9.17, 15) is 13.3 Å². The Hall–Kier alpha value is -1.23.